The van der Waals surface area contributed by atoms with Crippen LogP contribution < -0.4 is 5.32 Å². The molecule has 13 heavy (non-hydrogen) atoms. The van der Waals surface area contributed by atoms with Crippen molar-refractivity contribution in [2.75, 3.05) is 13.1 Å². The molecule has 0 spiro atoms. The number of thiophene rings is 1. The van der Waals surface area contributed by atoms with Crippen molar-refractivity contribution in [2.24, 2.45) is 5.92 Å². The monoisotopic (exact) mass is 261 g/mol. The summed E-state index contributed by atoms with van der Waals surface area (Å²) in [5.74, 6) is 0.742. The number of halogens is 1. The quantitative estimate of drug-likeness (QED) is 0.803. The molecule has 1 nitrogen and oxygen atoms in total. The van der Waals surface area contributed by atoms with Crippen LogP contribution in [-0.4, -0.2) is 13.1 Å². The molecule has 0 atom stereocenters. The van der Waals surface area contributed by atoms with E-state index in [1.807, 2.05) is 0 Å². The summed E-state index contributed by atoms with van der Waals surface area (Å²) in [6.07, 6.45) is 1.12. The molecule has 0 amide bonds. The summed E-state index contributed by atoms with van der Waals surface area (Å²) >= 11 is 5.29. The van der Waals surface area contributed by atoms with E-state index in [4.69, 9.17) is 0 Å². The Kier molecular flexibility index (Phi) is 4.99. The number of hydrogen-bond acceptors (Lipinski definition) is 2. The molecular weight excluding hydrogens is 246 g/mol. The zero-order chi connectivity index (χ0) is 9.68. The fourth-order valence-electron chi connectivity index (χ4n) is 1.10. The summed E-state index contributed by atoms with van der Waals surface area (Å²) in [6.45, 7) is 6.65. The maximum atomic E-state index is 3.53. The lowest BCUT2D eigenvalue weighted by Gasteiger charge is -2.06. The first kappa shape index (κ1) is 11.2. The Bertz CT molecular complexity index is 245. The average Bonchev–Trinajstić information content (AvgIpc) is 2.45. The zero-order valence-corrected chi connectivity index (χ0v) is 10.5. The van der Waals surface area contributed by atoms with Gasteiger partial charge in [-0.05, 0) is 52.3 Å². The van der Waals surface area contributed by atoms with Crippen LogP contribution in [-0.2, 0) is 6.42 Å². The Hall–Kier alpha value is 0.140. The minimum absolute atomic E-state index is 0.742. The molecule has 0 aliphatic rings. The van der Waals surface area contributed by atoms with Crippen LogP contribution in [0.2, 0.25) is 0 Å². The molecule has 0 fully saturated rings. The second-order valence-electron chi connectivity index (χ2n) is 3.59. The number of hydrogen-bond donors (Lipinski definition) is 1. The van der Waals surface area contributed by atoms with Crippen LogP contribution in [0.4, 0.5) is 0 Å². The third-order valence-electron chi connectivity index (χ3n) is 1.81. The molecule has 1 heterocycles. The van der Waals surface area contributed by atoms with Crippen LogP contribution in [0, 0.1) is 5.92 Å². The van der Waals surface area contributed by atoms with Gasteiger partial charge in [-0.3, -0.25) is 0 Å². The van der Waals surface area contributed by atoms with Gasteiger partial charge in [0, 0.05) is 9.85 Å². The Morgan fingerprint density at radius 2 is 2.23 bits per heavy atom. The van der Waals surface area contributed by atoms with Gasteiger partial charge in [0.25, 0.3) is 0 Å². The Morgan fingerprint density at radius 3 is 2.77 bits per heavy atom. The molecule has 3 heteroatoms. The van der Waals surface area contributed by atoms with Crippen molar-refractivity contribution in [3.63, 3.8) is 0 Å². The molecule has 0 unspecified atom stereocenters. The highest BCUT2D eigenvalue weighted by molar-refractivity contribution is 9.10. The lowest BCUT2D eigenvalue weighted by atomic mass is 10.2. The maximum Gasteiger partial charge on any atom is 0.0314 e. The van der Waals surface area contributed by atoms with Gasteiger partial charge in [0.1, 0.15) is 0 Å². The summed E-state index contributed by atoms with van der Waals surface area (Å²) in [6, 6.07) is 0. The van der Waals surface area contributed by atoms with E-state index in [9.17, 15) is 0 Å². The second-order valence-corrected chi connectivity index (χ2v) is 5.19. The van der Waals surface area contributed by atoms with E-state index < -0.39 is 0 Å². The van der Waals surface area contributed by atoms with E-state index in [1.54, 1.807) is 11.3 Å². The van der Waals surface area contributed by atoms with Crippen molar-refractivity contribution in [3.05, 3.63) is 20.8 Å². The van der Waals surface area contributed by atoms with Gasteiger partial charge < -0.3 is 5.32 Å². The van der Waals surface area contributed by atoms with Crippen molar-refractivity contribution in [2.45, 2.75) is 20.3 Å². The molecule has 74 valence electrons. The van der Waals surface area contributed by atoms with Crippen molar-refractivity contribution in [1.29, 1.82) is 0 Å². The van der Waals surface area contributed by atoms with E-state index in [1.165, 1.54) is 10.0 Å². The Morgan fingerprint density at radius 1 is 1.46 bits per heavy atom. The van der Waals surface area contributed by atoms with Crippen LogP contribution >= 0.6 is 27.3 Å². The topological polar surface area (TPSA) is 12.0 Å². The zero-order valence-electron chi connectivity index (χ0n) is 8.14. The van der Waals surface area contributed by atoms with Crippen molar-refractivity contribution < 1.29 is 0 Å². The van der Waals surface area contributed by atoms with Gasteiger partial charge in [-0.25, -0.2) is 0 Å². The van der Waals surface area contributed by atoms with Crippen molar-refractivity contribution >= 4 is 27.3 Å². The van der Waals surface area contributed by atoms with Crippen LogP contribution in [0.3, 0.4) is 0 Å². The van der Waals surface area contributed by atoms with E-state index >= 15 is 0 Å². The highest BCUT2D eigenvalue weighted by atomic mass is 79.9. The summed E-state index contributed by atoms with van der Waals surface area (Å²) in [5.41, 5.74) is 1.42. The third kappa shape index (κ3) is 4.25. The van der Waals surface area contributed by atoms with E-state index in [0.29, 0.717) is 0 Å². The molecule has 0 bridgehead atoms. The second kappa shape index (κ2) is 5.78. The first-order valence-corrected chi connectivity index (χ1v) is 6.35. The molecule has 0 aliphatic heterocycles. The minimum atomic E-state index is 0.742. The molecule has 0 saturated carbocycles. The molecule has 0 aromatic carbocycles. The van der Waals surface area contributed by atoms with Gasteiger partial charge in [-0.15, -0.1) is 0 Å². The molecule has 1 rings (SSSR count). The summed E-state index contributed by atoms with van der Waals surface area (Å²) in [4.78, 5) is 0. The number of nitrogens with one attached hydrogen (secondary N) is 1. The highest BCUT2D eigenvalue weighted by Gasteiger charge is 1.99. The molecule has 1 aromatic rings. The molecule has 0 aliphatic carbocycles. The average molecular weight is 262 g/mol. The van der Waals surface area contributed by atoms with Crippen LogP contribution in [0.15, 0.2) is 15.2 Å². The highest BCUT2D eigenvalue weighted by Crippen LogP contribution is 2.21. The van der Waals surface area contributed by atoms with Gasteiger partial charge >= 0.3 is 0 Å². The molecular formula is C10H16BrNS. The molecule has 0 radical (unpaired) electrons. The smallest absolute Gasteiger partial charge is 0.0314 e. The van der Waals surface area contributed by atoms with E-state index in [-0.39, 0.29) is 0 Å². The standard InChI is InChI=1S/C10H16BrNS/c1-8(2)5-12-4-3-9-6-13-7-10(9)11/h6-8,12H,3-5H2,1-2H3. The lowest BCUT2D eigenvalue weighted by molar-refractivity contribution is 0.554. The Labute approximate surface area is 92.7 Å². The fraction of sp³-hybridized carbons (Fsp3) is 0.600. The fourth-order valence-corrected chi connectivity index (χ4v) is 2.64. The van der Waals surface area contributed by atoms with Gasteiger partial charge in [0.05, 0.1) is 0 Å². The van der Waals surface area contributed by atoms with Gasteiger partial charge in [0.15, 0.2) is 0 Å². The van der Waals surface area contributed by atoms with Gasteiger partial charge in [-0.2, -0.15) is 11.3 Å². The van der Waals surface area contributed by atoms with E-state index in [2.05, 4.69) is 45.9 Å². The Balaban J connectivity index is 2.17. The normalized spacial score (nSPS) is 11.1. The van der Waals surface area contributed by atoms with Crippen molar-refractivity contribution in [1.82, 2.24) is 5.32 Å². The predicted octanol–water partition coefficient (Wildman–Crippen LogP) is 3.30. The molecule has 1 aromatic heterocycles. The summed E-state index contributed by atoms with van der Waals surface area (Å²) in [5, 5.41) is 7.78. The van der Waals surface area contributed by atoms with Crippen LogP contribution in [0.25, 0.3) is 0 Å². The largest absolute Gasteiger partial charge is 0.316 e. The van der Waals surface area contributed by atoms with E-state index in [0.717, 1.165) is 25.4 Å². The maximum absolute atomic E-state index is 3.53. The molecule has 0 saturated heterocycles. The first-order chi connectivity index (χ1) is 6.20. The van der Waals surface area contributed by atoms with Crippen LogP contribution in [0.1, 0.15) is 19.4 Å². The molecule has 1 N–H and O–H groups in total. The van der Waals surface area contributed by atoms with Crippen molar-refractivity contribution in [3.8, 4) is 0 Å². The summed E-state index contributed by atoms with van der Waals surface area (Å²) in [7, 11) is 0. The number of rotatable bonds is 5. The lowest BCUT2D eigenvalue weighted by Crippen LogP contribution is -2.22. The first-order valence-electron chi connectivity index (χ1n) is 4.61. The third-order valence-corrected chi connectivity index (χ3v) is 3.65. The summed E-state index contributed by atoms with van der Waals surface area (Å²) < 4.78 is 1.25. The van der Waals surface area contributed by atoms with Gasteiger partial charge in [0.2, 0.25) is 0 Å². The minimum Gasteiger partial charge on any atom is -0.316 e. The van der Waals surface area contributed by atoms with Gasteiger partial charge in [-0.1, -0.05) is 13.8 Å². The SMILES string of the molecule is CC(C)CNCCc1cscc1Br. The predicted molar refractivity (Wildman–Crippen MR) is 63.4 cm³/mol. The van der Waals surface area contributed by atoms with Crippen LogP contribution in [0.5, 0.6) is 0 Å².